The number of thioether (sulfide) groups is 1. The second kappa shape index (κ2) is 6.33. The van der Waals surface area contributed by atoms with E-state index < -0.39 is 11.7 Å². The highest BCUT2D eigenvalue weighted by molar-refractivity contribution is 7.98. The summed E-state index contributed by atoms with van der Waals surface area (Å²) in [5, 5.41) is 0. The zero-order valence-corrected chi connectivity index (χ0v) is 11.5. The van der Waals surface area contributed by atoms with E-state index in [0.29, 0.717) is 12.3 Å². The highest BCUT2D eigenvalue weighted by Gasteiger charge is 2.29. The topological polar surface area (TPSA) is 26.0 Å². The molecule has 1 nitrogen and oxygen atoms in total. The van der Waals surface area contributed by atoms with Gasteiger partial charge in [-0.15, -0.1) is 11.8 Å². The van der Waals surface area contributed by atoms with Gasteiger partial charge in [0.05, 0.1) is 5.56 Å². The number of benzene rings is 2. The fourth-order valence-corrected chi connectivity index (χ4v) is 2.65. The van der Waals surface area contributed by atoms with Crippen LogP contribution in [0.5, 0.6) is 0 Å². The number of halogens is 3. The number of hydrogen-bond donors (Lipinski definition) is 1. The highest BCUT2D eigenvalue weighted by Crippen LogP contribution is 2.30. The first-order valence-electron chi connectivity index (χ1n) is 6.07. The van der Waals surface area contributed by atoms with Gasteiger partial charge in [0.15, 0.2) is 0 Å². The van der Waals surface area contributed by atoms with E-state index >= 15 is 0 Å². The molecule has 106 valence electrons. The summed E-state index contributed by atoms with van der Waals surface area (Å²) in [7, 11) is 0. The summed E-state index contributed by atoms with van der Waals surface area (Å²) in [4.78, 5) is 1.06. The van der Waals surface area contributed by atoms with E-state index in [0.717, 1.165) is 28.2 Å². The quantitative estimate of drug-likeness (QED) is 0.843. The van der Waals surface area contributed by atoms with Gasteiger partial charge in [-0.3, -0.25) is 0 Å². The molecule has 0 unspecified atom stereocenters. The largest absolute Gasteiger partial charge is 0.416 e. The van der Waals surface area contributed by atoms with Gasteiger partial charge in [-0.2, -0.15) is 13.2 Å². The molecule has 0 spiro atoms. The van der Waals surface area contributed by atoms with E-state index in [1.54, 1.807) is 11.8 Å². The molecule has 0 saturated carbocycles. The smallest absolute Gasteiger partial charge is 0.326 e. The molecule has 0 aliphatic rings. The van der Waals surface area contributed by atoms with Crippen LogP contribution >= 0.6 is 11.8 Å². The summed E-state index contributed by atoms with van der Waals surface area (Å²) in [5.74, 6) is 0.631. The van der Waals surface area contributed by atoms with Crippen LogP contribution in [0.4, 0.5) is 13.2 Å². The van der Waals surface area contributed by atoms with Crippen molar-refractivity contribution in [1.29, 1.82) is 0 Å². The highest BCUT2D eigenvalue weighted by atomic mass is 32.2. The lowest BCUT2D eigenvalue weighted by Gasteiger charge is -2.08. The number of nitrogens with two attached hydrogens (primary N) is 1. The predicted molar refractivity (Wildman–Crippen MR) is 75.3 cm³/mol. The van der Waals surface area contributed by atoms with E-state index in [-0.39, 0.29) is 0 Å². The lowest BCUT2D eigenvalue weighted by molar-refractivity contribution is -0.137. The Labute approximate surface area is 120 Å². The standard InChI is InChI=1S/C15H14F3NS/c16-15(17,18)13-6-4-11(5-7-13)10-20-14-3-1-2-12(8-14)9-19/h1-8H,9-10,19H2. The third-order valence-corrected chi connectivity index (χ3v) is 3.89. The summed E-state index contributed by atoms with van der Waals surface area (Å²) in [6.07, 6.45) is -4.28. The van der Waals surface area contributed by atoms with Crippen LogP contribution in [-0.2, 0) is 18.5 Å². The van der Waals surface area contributed by atoms with Crippen molar-refractivity contribution in [2.75, 3.05) is 0 Å². The molecule has 0 heterocycles. The van der Waals surface area contributed by atoms with Gasteiger partial charge in [0, 0.05) is 17.2 Å². The fraction of sp³-hybridized carbons (Fsp3) is 0.200. The molecule has 2 aromatic rings. The first kappa shape index (κ1) is 14.9. The molecule has 0 aliphatic carbocycles. The molecule has 2 N–H and O–H groups in total. The molecule has 0 radical (unpaired) electrons. The van der Waals surface area contributed by atoms with E-state index in [1.165, 1.54) is 12.1 Å². The van der Waals surface area contributed by atoms with Crippen LogP contribution in [0.25, 0.3) is 0 Å². The van der Waals surface area contributed by atoms with Crippen LogP contribution in [0.1, 0.15) is 16.7 Å². The van der Waals surface area contributed by atoms with Crippen molar-refractivity contribution in [2.45, 2.75) is 23.4 Å². The van der Waals surface area contributed by atoms with Crippen molar-refractivity contribution in [3.05, 3.63) is 65.2 Å². The lowest BCUT2D eigenvalue weighted by Crippen LogP contribution is -2.04. The molecular formula is C15H14F3NS. The Morgan fingerprint density at radius 1 is 0.950 bits per heavy atom. The van der Waals surface area contributed by atoms with Gasteiger partial charge < -0.3 is 5.73 Å². The van der Waals surface area contributed by atoms with E-state index in [1.807, 2.05) is 24.3 Å². The minimum absolute atomic E-state index is 0.481. The summed E-state index contributed by atoms with van der Waals surface area (Å²) < 4.78 is 37.3. The van der Waals surface area contributed by atoms with Gasteiger partial charge in [-0.1, -0.05) is 24.3 Å². The molecule has 2 rings (SSSR count). The van der Waals surface area contributed by atoms with Gasteiger partial charge in [-0.25, -0.2) is 0 Å². The van der Waals surface area contributed by atoms with Crippen molar-refractivity contribution in [2.24, 2.45) is 5.73 Å². The van der Waals surface area contributed by atoms with Crippen LogP contribution in [0.15, 0.2) is 53.4 Å². The monoisotopic (exact) mass is 297 g/mol. The summed E-state index contributed by atoms with van der Waals surface area (Å²) in [5.41, 5.74) is 6.86. The van der Waals surface area contributed by atoms with E-state index in [4.69, 9.17) is 5.73 Å². The second-order valence-electron chi connectivity index (χ2n) is 4.33. The molecule has 0 fully saturated rings. The third-order valence-electron chi connectivity index (χ3n) is 2.82. The van der Waals surface area contributed by atoms with Gasteiger partial charge in [0.25, 0.3) is 0 Å². The first-order chi connectivity index (χ1) is 9.49. The predicted octanol–water partition coefficient (Wildman–Crippen LogP) is 4.46. The van der Waals surface area contributed by atoms with Gasteiger partial charge in [-0.05, 0) is 35.4 Å². The molecule has 0 atom stereocenters. The molecule has 0 aliphatic heterocycles. The van der Waals surface area contributed by atoms with E-state index in [9.17, 15) is 13.2 Å². The van der Waals surface area contributed by atoms with Gasteiger partial charge in [0.1, 0.15) is 0 Å². The zero-order chi connectivity index (χ0) is 14.6. The van der Waals surface area contributed by atoms with Gasteiger partial charge >= 0.3 is 6.18 Å². The van der Waals surface area contributed by atoms with Crippen molar-refractivity contribution in [1.82, 2.24) is 0 Å². The SMILES string of the molecule is NCc1cccc(SCc2ccc(C(F)(F)F)cc2)c1. The molecule has 2 aromatic carbocycles. The van der Waals surface area contributed by atoms with Crippen LogP contribution in [0, 0.1) is 0 Å². The second-order valence-corrected chi connectivity index (χ2v) is 5.38. The van der Waals surface area contributed by atoms with Crippen LogP contribution < -0.4 is 5.73 Å². The fourth-order valence-electron chi connectivity index (χ4n) is 1.72. The normalized spacial score (nSPS) is 11.6. The van der Waals surface area contributed by atoms with Gasteiger partial charge in [0.2, 0.25) is 0 Å². The molecular weight excluding hydrogens is 283 g/mol. The Balaban J connectivity index is 2.00. The average molecular weight is 297 g/mol. The maximum absolute atomic E-state index is 12.4. The van der Waals surface area contributed by atoms with Crippen LogP contribution in [0.2, 0.25) is 0 Å². The number of hydrogen-bond acceptors (Lipinski definition) is 2. The first-order valence-corrected chi connectivity index (χ1v) is 7.05. The van der Waals surface area contributed by atoms with Crippen molar-refractivity contribution in [3.63, 3.8) is 0 Å². The maximum Gasteiger partial charge on any atom is 0.416 e. The Hall–Kier alpha value is -1.46. The van der Waals surface area contributed by atoms with Crippen molar-refractivity contribution >= 4 is 11.8 Å². The van der Waals surface area contributed by atoms with Crippen molar-refractivity contribution < 1.29 is 13.2 Å². The molecule has 5 heteroatoms. The Morgan fingerprint density at radius 2 is 1.65 bits per heavy atom. The molecule has 0 amide bonds. The van der Waals surface area contributed by atoms with Crippen molar-refractivity contribution in [3.8, 4) is 0 Å². The Kier molecular flexibility index (Phi) is 4.73. The Bertz CT molecular complexity index is 564. The third kappa shape index (κ3) is 4.02. The molecule has 0 saturated heterocycles. The number of rotatable bonds is 4. The van der Waals surface area contributed by atoms with E-state index in [2.05, 4.69) is 0 Å². The molecule has 0 aromatic heterocycles. The summed E-state index contributed by atoms with van der Waals surface area (Å²) in [6.45, 7) is 0.481. The molecule has 20 heavy (non-hydrogen) atoms. The Morgan fingerprint density at radius 3 is 2.25 bits per heavy atom. The minimum Gasteiger partial charge on any atom is -0.326 e. The van der Waals surface area contributed by atoms with Crippen LogP contribution in [-0.4, -0.2) is 0 Å². The zero-order valence-electron chi connectivity index (χ0n) is 10.7. The minimum atomic E-state index is -4.28. The van der Waals surface area contributed by atoms with Crippen LogP contribution in [0.3, 0.4) is 0 Å². The maximum atomic E-state index is 12.4. The number of alkyl halides is 3. The average Bonchev–Trinajstić information content (AvgIpc) is 2.45. The molecule has 0 bridgehead atoms. The summed E-state index contributed by atoms with van der Waals surface area (Å²) in [6, 6.07) is 13.1. The lowest BCUT2D eigenvalue weighted by atomic mass is 10.1. The summed E-state index contributed by atoms with van der Waals surface area (Å²) >= 11 is 1.58.